The highest BCUT2D eigenvalue weighted by Gasteiger charge is 2.45. The minimum Gasteiger partial charge on any atom is -0.496 e. The molecule has 0 fully saturated rings. The second kappa shape index (κ2) is 9.26. The molecule has 1 aliphatic heterocycles. The molecule has 5 nitrogen and oxygen atoms in total. The predicted octanol–water partition coefficient (Wildman–Crippen LogP) is 5.39. The average Bonchev–Trinajstić information content (AvgIpc) is 2.78. The Labute approximate surface area is 195 Å². The van der Waals surface area contributed by atoms with Gasteiger partial charge in [-0.15, -0.1) is 0 Å². The van der Waals surface area contributed by atoms with Crippen molar-refractivity contribution in [3.8, 4) is 11.5 Å². The third-order valence-electron chi connectivity index (χ3n) is 6.43. The normalized spacial score (nSPS) is 22.2. The third kappa shape index (κ3) is 4.72. The van der Waals surface area contributed by atoms with E-state index in [0.717, 1.165) is 16.9 Å². The summed E-state index contributed by atoms with van der Waals surface area (Å²) in [6, 6.07) is 15.3. The molecule has 5 heteroatoms. The van der Waals surface area contributed by atoms with Crippen LogP contribution in [0.4, 0.5) is 0 Å². The Kier molecular flexibility index (Phi) is 6.41. The fourth-order valence-corrected chi connectivity index (χ4v) is 4.85. The van der Waals surface area contributed by atoms with Crippen LogP contribution in [0.15, 0.2) is 65.9 Å². The number of methoxy groups -OCH3 is 2. The van der Waals surface area contributed by atoms with Crippen LogP contribution in [0, 0.1) is 17.3 Å². The molecule has 4 rings (SSSR count). The van der Waals surface area contributed by atoms with E-state index in [-0.39, 0.29) is 23.1 Å². The van der Waals surface area contributed by atoms with E-state index in [1.807, 2.05) is 74.5 Å². The van der Waals surface area contributed by atoms with Gasteiger partial charge >= 0.3 is 5.97 Å². The first kappa shape index (κ1) is 22.8. The molecule has 0 spiro atoms. The molecule has 2 aromatic rings. The maximum atomic E-state index is 13.3. The zero-order valence-electron chi connectivity index (χ0n) is 19.6. The van der Waals surface area contributed by atoms with Gasteiger partial charge in [-0.3, -0.25) is 9.59 Å². The summed E-state index contributed by atoms with van der Waals surface area (Å²) in [5, 5.41) is 0. The fourth-order valence-electron chi connectivity index (χ4n) is 4.85. The van der Waals surface area contributed by atoms with Crippen LogP contribution in [0.2, 0.25) is 0 Å². The molecule has 0 N–H and O–H groups in total. The van der Waals surface area contributed by atoms with Crippen molar-refractivity contribution in [2.24, 2.45) is 17.3 Å². The Balaban J connectivity index is 1.78. The van der Waals surface area contributed by atoms with Crippen LogP contribution >= 0.6 is 0 Å². The highest BCUT2D eigenvalue weighted by atomic mass is 16.5. The van der Waals surface area contributed by atoms with E-state index in [1.54, 1.807) is 14.2 Å². The van der Waals surface area contributed by atoms with Crippen molar-refractivity contribution >= 4 is 17.8 Å². The number of hydrogen-bond donors (Lipinski definition) is 0. The predicted molar refractivity (Wildman–Crippen MR) is 127 cm³/mol. The van der Waals surface area contributed by atoms with Gasteiger partial charge in [0.25, 0.3) is 0 Å². The Morgan fingerprint density at radius 1 is 0.970 bits per heavy atom. The van der Waals surface area contributed by atoms with Gasteiger partial charge in [0, 0.05) is 29.9 Å². The molecule has 0 radical (unpaired) electrons. The number of hydrogen-bond acceptors (Lipinski definition) is 5. The SMILES string of the molecule is COc1ccccc1/C=C/[C@@H]1C2=C(CC(C)(C)CC2=O)OC(=O)[C@@H]1Cc1ccccc1OC. The van der Waals surface area contributed by atoms with Crippen molar-refractivity contribution in [3.63, 3.8) is 0 Å². The average molecular weight is 447 g/mol. The monoisotopic (exact) mass is 446 g/mol. The molecule has 2 atom stereocenters. The molecule has 33 heavy (non-hydrogen) atoms. The van der Waals surface area contributed by atoms with Gasteiger partial charge in [0.15, 0.2) is 5.78 Å². The molecule has 172 valence electrons. The number of carbonyl (C=O) groups excluding carboxylic acids is 2. The molecular formula is C28H30O5. The lowest BCUT2D eigenvalue weighted by Gasteiger charge is -2.39. The molecule has 2 aliphatic rings. The summed E-state index contributed by atoms with van der Waals surface area (Å²) in [4.78, 5) is 26.5. The molecule has 0 aromatic heterocycles. The highest BCUT2D eigenvalue weighted by molar-refractivity contribution is 6.00. The molecule has 2 aromatic carbocycles. The van der Waals surface area contributed by atoms with Crippen LogP contribution in [0.1, 0.15) is 37.8 Å². The van der Waals surface area contributed by atoms with Crippen molar-refractivity contribution < 1.29 is 23.8 Å². The summed E-state index contributed by atoms with van der Waals surface area (Å²) in [6.45, 7) is 4.06. The Morgan fingerprint density at radius 2 is 1.64 bits per heavy atom. The third-order valence-corrected chi connectivity index (χ3v) is 6.43. The number of ketones is 1. The molecule has 0 bridgehead atoms. The van der Waals surface area contributed by atoms with E-state index >= 15 is 0 Å². The van der Waals surface area contributed by atoms with E-state index in [9.17, 15) is 9.59 Å². The van der Waals surface area contributed by atoms with Gasteiger partial charge < -0.3 is 14.2 Å². The lowest BCUT2D eigenvalue weighted by molar-refractivity contribution is -0.149. The topological polar surface area (TPSA) is 61.8 Å². The summed E-state index contributed by atoms with van der Waals surface area (Å²) in [6.07, 6.45) is 5.32. The summed E-state index contributed by atoms with van der Waals surface area (Å²) in [5.41, 5.74) is 2.19. The second-order valence-electron chi connectivity index (χ2n) is 9.45. The van der Waals surface area contributed by atoms with E-state index in [2.05, 4.69) is 0 Å². The van der Waals surface area contributed by atoms with Gasteiger partial charge in [0.2, 0.25) is 0 Å². The minimum absolute atomic E-state index is 0.0495. The fraction of sp³-hybridized carbons (Fsp3) is 0.357. The maximum absolute atomic E-state index is 13.3. The van der Waals surface area contributed by atoms with Gasteiger partial charge in [-0.05, 0) is 29.5 Å². The van der Waals surface area contributed by atoms with Gasteiger partial charge in [-0.25, -0.2) is 0 Å². The molecule has 0 saturated heterocycles. The molecule has 0 unspecified atom stereocenters. The summed E-state index contributed by atoms with van der Waals surface area (Å²) in [5.74, 6) is 0.795. The molecule has 0 amide bonds. The summed E-state index contributed by atoms with van der Waals surface area (Å²) >= 11 is 0. The second-order valence-corrected chi connectivity index (χ2v) is 9.45. The first-order valence-electron chi connectivity index (χ1n) is 11.2. The Hall–Kier alpha value is -3.34. The number of esters is 1. The smallest absolute Gasteiger partial charge is 0.315 e. The summed E-state index contributed by atoms with van der Waals surface area (Å²) in [7, 11) is 3.24. The number of Topliss-reactive ketones (excluding diaryl/α,β-unsaturated/α-hetero) is 1. The zero-order valence-corrected chi connectivity index (χ0v) is 19.6. The van der Waals surface area contributed by atoms with Crippen molar-refractivity contribution in [1.82, 2.24) is 0 Å². The van der Waals surface area contributed by atoms with Crippen molar-refractivity contribution in [1.29, 1.82) is 0 Å². The Bertz CT molecular complexity index is 1120. The van der Waals surface area contributed by atoms with Crippen LogP contribution in [-0.2, 0) is 20.7 Å². The lowest BCUT2D eigenvalue weighted by Crippen LogP contribution is -2.40. The number of para-hydroxylation sites is 2. The van der Waals surface area contributed by atoms with Crippen LogP contribution in [0.5, 0.6) is 11.5 Å². The largest absolute Gasteiger partial charge is 0.496 e. The number of allylic oxidation sites excluding steroid dienone is 3. The van der Waals surface area contributed by atoms with Gasteiger partial charge in [-0.2, -0.15) is 0 Å². The highest BCUT2D eigenvalue weighted by Crippen LogP contribution is 2.46. The number of ether oxygens (including phenoxy) is 3. The van der Waals surface area contributed by atoms with Crippen molar-refractivity contribution in [2.45, 2.75) is 33.1 Å². The zero-order chi connectivity index (χ0) is 23.6. The molecular weight excluding hydrogens is 416 g/mol. The van der Waals surface area contributed by atoms with Gasteiger partial charge in [0.05, 0.1) is 20.1 Å². The van der Waals surface area contributed by atoms with Crippen LogP contribution in [0.3, 0.4) is 0 Å². The van der Waals surface area contributed by atoms with Crippen molar-refractivity contribution in [2.75, 3.05) is 14.2 Å². The molecule has 1 aliphatic carbocycles. The summed E-state index contributed by atoms with van der Waals surface area (Å²) < 4.78 is 16.8. The number of benzene rings is 2. The van der Waals surface area contributed by atoms with E-state index in [1.165, 1.54) is 0 Å². The van der Waals surface area contributed by atoms with Gasteiger partial charge in [0.1, 0.15) is 17.3 Å². The minimum atomic E-state index is -0.531. The van der Waals surface area contributed by atoms with E-state index in [4.69, 9.17) is 14.2 Å². The lowest BCUT2D eigenvalue weighted by atomic mass is 9.69. The van der Waals surface area contributed by atoms with E-state index < -0.39 is 5.92 Å². The van der Waals surface area contributed by atoms with Gasteiger partial charge in [-0.1, -0.05) is 62.4 Å². The number of rotatable bonds is 6. The van der Waals surface area contributed by atoms with Crippen LogP contribution in [0.25, 0.3) is 6.08 Å². The first-order valence-corrected chi connectivity index (χ1v) is 11.2. The number of carbonyl (C=O) groups is 2. The maximum Gasteiger partial charge on any atom is 0.315 e. The standard InChI is InChI=1S/C28H30O5/c1-28(2)16-22(29)26-20(14-13-18-9-5-7-11-23(18)31-3)21(27(30)33-25(26)17-28)15-19-10-6-8-12-24(19)32-4/h5-14,20-21H,15-17H2,1-4H3/b14-13+/t20-,21+/m0/s1. The Morgan fingerprint density at radius 3 is 2.36 bits per heavy atom. The first-order chi connectivity index (χ1) is 15.8. The molecule has 0 saturated carbocycles. The van der Waals surface area contributed by atoms with Crippen molar-refractivity contribution in [3.05, 3.63) is 77.1 Å². The quantitative estimate of drug-likeness (QED) is 0.557. The van der Waals surface area contributed by atoms with Crippen LogP contribution in [-0.4, -0.2) is 26.0 Å². The molecule has 1 heterocycles. The van der Waals surface area contributed by atoms with Crippen LogP contribution < -0.4 is 9.47 Å². The van der Waals surface area contributed by atoms with E-state index in [0.29, 0.717) is 36.3 Å².